The van der Waals surface area contributed by atoms with Crippen molar-refractivity contribution < 1.29 is 13.2 Å². The summed E-state index contributed by atoms with van der Waals surface area (Å²) in [5.41, 5.74) is 3.10. The maximum atomic E-state index is 12.0. The molecule has 1 amide bonds. The molecule has 0 aromatic heterocycles. The van der Waals surface area contributed by atoms with Crippen molar-refractivity contribution in [2.24, 2.45) is 4.99 Å². The van der Waals surface area contributed by atoms with Gasteiger partial charge in [0.2, 0.25) is 5.91 Å². The number of benzene rings is 1. The fourth-order valence-corrected chi connectivity index (χ4v) is 6.94. The molecule has 2 aliphatic rings. The van der Waals surface area contributed by atoms with E-state index >= 15 is 0 Å². The van der Waals surface area contributed by atoms with Gasteiger partial charge < -0.3 is 4.90 Å². The van der Waals surface area contributed by atoms with Crippen LogP contribution in [-0.4, -0.2) is 42.3 Å². The predicted molar refractivity (Wildman–Crippen MR) is 94.9 cm³/mol. The molecule has 0 radical (unpaired) electrons. The summed E-state index contributed by atoms with van der Waals surface area (Å²) in [7, 11) is -3.03. The van der Waals surface area contributed by atoms with Crippen molar-refractivity contribution in [3.05, 3.63) is 29.3 Å². The van der Waals surface area contributed by atoms with Gasteiger partial charge in [-0.15, -0.1) is 0 Å². The van der Waals surface area contributed by atoms with Gasteiger partial charge in [0.15, 0.2) is 15.0 Å². The molecule has 7 heteroatoms. The van der Waals surface area contributed by atoms with Crippen molar-refractivity contribution in [1.29, 1.82) is 0 Å². The van der Waals surface area contributed by atoms with Crippen LogP contribution < -0.4 is 4.90 Å². The topological polar surface area (TPSA) is 66.8 Å². The number of carbonyl (C=O) groups is 1. The lowest BCUT2D eigenvalue weighted by Crippen LogP contribution is -2.38. The number of sulfone groups is 1. The third-order valence-electron chi connectivity index (χ3n) is 4.21. The summed E-state index contributed by atoms with van der Waals surface area (Å²) in [6, 6.07) is 5.94. The smallest absolute Gasteiger partial charge is 0.247 e. The zero-order valence-corrected chi connectivity index (χ0v) is 15.1. The molecule has 3 rings (SSSR count). The van der Waals surface area contributed by atoms with Crippen LogP contribution in [0.3, 0.4) is 0 Å². The van der Waals surface area contributed by atoms with E-state index in [0.29, 0.717) is 11.6 Å². The highest BCUT2D eigenvalue weighted by molar-refractivity contribution is 8.16. The SMILES string of the molecule is CCC(=O)N=C1SC2CS(=O)(=O)CC2N1c1cc(C)ccc1C. The molecule has 5 nitrogen and oxygen atoms in total. The number of carbonyl (C=O) groups excluding carboxylic acids is 1. The minimum absolute atomic E-state index is 0.0525. The van der Waals surface area contributed by atoms with E-state index in [4.69, 9.17) is 0 Å². The van der Waals surface area contributed by atoms with Crippen molar-refractivity contribution in [3.8, 4) is 0 Å². The molecule has 0 saturated carbocycles. The second-order valence-electron chi connectivity index (χ2n) is 6.10. The van der Waals surface area contributed by atoms with Crippen LogP contribution in [0.5, 0.6) is 0 Å². The van der Waals surface area contributed by atoms with E-state index < -0.39 is 9.84 Å². The summed E-state index contributed by atoms with van der Waals surface area (Å²) in [6.07, 6.45) is 0.346. The first-order chi connectivity index (χ1) is 10.8. The number of hydrogen-bond donors (Lipinski definition) is 0. The molecule has 2 unspecified atom stereocenters. The number of rotatable bonds is 2. The first kappa shape index (κ1) is 16.5. The predicted octanol–water partition coefficient (Wildman–Crippen LogP) is 2.31. The Kier molecular flexibility index (Phi) is 4.27. The Balaban J connectivity index is 2.08. The zero-order chi connectivity index (χ0) is 16.8. The number of thioether (sulfide) groups is 1. The van der Waals surface area contributed by atoms with Gasteiger partial charge in [-0.3, -0.25) is 4.79 Å². The molecule has 124 valence electrons. The van der Waals surface area contributed by atoms with Gasteiger partial charge >= 0.3 is 0 Å². The Morgan fingerprint density at radius 1 is 1.35 bits per heavy atom. The van der Waals surface area contributed by atoms with Gasteiger partial charge in [-0.2, -0.15) is 4.99 Å². The van der Waals surface area contributed by atoms with E-state index in [1.54, 1.807) is 6.92 Å². The Bertz CT molecular complexity index is 787. The summed E-state index contributed by atoms with van der Waals surface area (Å²) in [6.45, 7) is 5.78. The molecule has 1 aromatic carbocycles. The summed E-state index contributed by atoms with van der Waals surface area (Å²) >= 11 is 1.42. The Hall–Kier alpha value is -1.34. The third kappa shape index (κ3) is 3.17. The number of hydrogen-bond acceptors (Lipinski definition) is 4. The van der Waals surface area contributed by atoms with Gasteiger partial charge in [0, 0.05) is 17.4 Å². The minimum Gasteiger partial charge on any atom is -0.315 e. The van der Waals surface area contributed by atoms with Crippen LogP contribution >= 0.6 is 11.8 Å². The molecule has 2 atom stereocenters. The van der Waals surface area contributed by atoms with Crippen molar-refractivity contribution in [2.45, 2.75) is 38.5 Å². The second-order valence-corrected chi connectivity index (χ2v) is 9.46. The molecule has 0 N–H and O–H groups in total. The highest BCUT2D eigenvalue weighted by Crippen LogP contribution is 2.42. The van der Waals surface area contributed by atoms with Gasteiger partial charge in [0.1, 0.15) is 0 Å². The normalized spacial score (nSPS) is 27.4. The maximum Gasteiger partial charge on any atom is 0.247 e. The Labute approximate surface area is 141 Å². The van der Waals surface area contributed by atoms with E-state index in [-0.39, 0.29) is 28.7 Å². The first-order valence-corrected chi connectivity index (χ1v) is 10.4. The van der Waals surface area contributed by atoms with Crippen LogP contribution in [0.1, 0.15) is 24.5 Å². The van der Waals surface area contributed by atoms with Gasteiger partial charge in [-0.1, -0.05) is 30.8 Å². The number of amides is 1. The molecular weight excluding hydrogens is 332 g/mol. The number of nitrogens with zero attached hydrogens (tertiary/aromatic N) is 2. The number of anilines is 1. The van der Waals surface area contributed by atoms with Gasteiger partial charge in [0.25, 0.3) is 0 Å². The maximum absolute atomic E-state index is 12.0. The van der Waals surface area contributed by atoms with Gasteiger partial charge in [-0.25, -0.2) is 8.42 Å². The van der Waals surface area contributed by atoms with Crippen LogP contribution in [-0.2, 0) is 14.6 Å². The standard InChI is InChI=1S/C16H20N2O3S2/c1-4-15(19)17-16-18(12-7-10(2)5-6-11(12)3)13-8-23(20,21)9-14(13)22-16/h5-7,13-14H,4,8-9H2,1-3H3. The van der Waals surface area contributed by atoms with Crippen LogP contribution in [0, 0.1) is 13.8 Å². The molecule has 2 aliphatic heterocycles. The van der Waals surface area contributed by atoms with E-state index in [2.05, 4.69) is 4.99 Å². The van der Waals surface area contributed by atoms with Crippen molar-refractivity contribution in [1.82, 2.24) is 0 Å². The monoisotopic (exact) mass is 352 g/mol. The highest BCUT2D eigenvalue weighted by Gasteiger charge is 2.49. The average molecular weight is 352 g/mol. The van der Waals surface area contributed by atoms with Crippen LogP contribution in [0.15, 0.2) is 23.2 Å². The van der Waals surface area contributed by atoms with E-state index in [0.717, 1.165) is 16.8 Å². The lowest BCUT2D eigenvalue weighted by molar-refractivity contribution is -0.117. The molecule has 0 aliphatic carbocycles. The first-order valence-electron chi connectivity index (χ1n) is 7.66. The van der Waals surface area contributed by atoms with Crippen LogP contribution in [0.4, 0.5) is 5.69 Å². The highest BCUT2D eigenvalue weighted by atomic mass is 32.2. The van der Waals surface area contributed by atoms with Crippen LogP contribution in [0.2, 0.25) is 0 Å². The summed E-state index contributed by atoms with van der Waals surface area (Å²) < 4.78 is 24.0. The van der Waals surface area contributed by atoms with Crippen LogP contribution in [0.25, 0.3) is 0 Å². The molecule has 2 saturated heterocycles. The molecule has 2 fully saturated rings. The number of amidine groups is 1. The lowest BCUT2D eigenvalue weighted by Gasteiger charge is -2.26. The average Bonchev–Trinajstić information content (AvgIpc) is 2.92. The lowest BCUT2D eigenvalue weighted by atomic mass is 10.1. The zero-order valence-electron chi connectivity index (χ0n) is 13.4. The summed E-state index contributed by atoms with van der Waals surface area (Å²) in [4.78, 5) is 18.0. The third-order valence-corrected chi connectivity index (χ3v) is 7.42. The van der Waals surface area contributed by atoms with Crippen molar-refractivity contribution in [3.63, 3.8) is 0 Å². The van der Waals surface area contributed by atoms with Gasteiger partial charge in [-0.05, 0) is 31.0 Å². The quantitative estimate of drug-likeness (QED) is 0.817. The van der Waals surface area contributed by atoms with E-state index in [1.165, 1.54) is 11.8 Å². The van der Waals surface area contributed by atoms with E-state index in [1.807, 2.05) is 36.9 Å². The summed E-state index contributed by atoms with van der Waals surface area (Å²) in [5.74, 6) is 0.103. The largest absolute Gasteiger partial charge is 0.315 e. The summed E-state index contributed by atoms with van der Waals surface area (Å²) in [5, 5.41) is 0.582. The fraction of sp³-hybridized carbons (Fsp3) is 0.500. The Morgan fingerprint density at radius 2 is 2.09 bits per heavy atom. The molecular formula is C16H20N2O3S2. The van der Waals surface area contributed by atoms with E-state index in [9.17, 15) is 13.2 Å². The van der Waals surface area contributed by atoms with Crippen molar-refractivity contribution in [2.75, 3.05) is 16.4 Å². The molecule has 23 heavy (non-hydrogen) atoms. The van der Waals surface area contributed by atoms with Crippen molar-refractivity contribution >= 4 is 38.4 Å². The van der Waals surface area contributed by atoms with Gasteiger partial charge in [0.05, 0.1) is 17.5 Å². The molecule has 0 bridgehead atoms. The number of aliphatic imine (C=N–C) groups is 1. The molecule has 0 spiro atoms. The fourth-order valence-electron chi connectivity index (χ4n) is 3.01. The Morgan fingerprint density at radius 3 is 2.78 bits per heavy atom. The molecule has 2 heterocycles. The number of aryl methyl sites for hydroxylation is 2. The second kappa shape index (κ2) is 5.94. The number of fused-ring (bicyclic) bond motifs is 1. The molecule has 1 aromatic rings. The minimum atomic E-state index is -3.03.